The SMILES string of the molecule is COc1ccc(N2CCCC(=O)C2(C)C)cc1Cl. The number of methoxy groups -OCH3 is 1. The molecule has 1 aliphatic heterocycles. The molecule has 1 aromatic carbocycles. The first kappa shape index (κ1) is 13.2. The summed E-state index contributed by atoms with van der Waals surface area (Å²) >= 11 is 6.14. The van der Waals surface area contributed by atoms with Gasteiger partial charge in [-0.1, -0.05) is 11.6 Å². The van der Waals surface area contributed by atoms with E-state index in [0.717, 1.165) is 18.7 Å². The molecule has 0 unspecified atom stereocenters. The molecule has 18 heavy (non-hydrogen) atoms. The number of halogens is 1. The zero-order chi connectivity index (χ0) is 13.3. The van der Waals surface area contributed by atoms with Gasteiger partial charge in [0.25, 0.3) is 0 Å². The molecule has 0 bridgehead atoms. The quantitative estimate of drug-likeness (QED) is 0.823. The lowest BCUT2D eigenvalue weighted by Crippen LogP contribution is -2.54. The van der Waals surface area contributed by atoms with E-state index in [0.29, 0.717) is 17.2 Å². The molecule has 0 radical (unpaired) electrons. The molecule has 1 saturated heterocycles. The molecule has 0 N–H and O–H groups in total. The number of piperidine rings is 1. The van der Waals surface area contributed by atoms with Gasteiger partial charge in [0, 0.05) is 18.7 Å². The second-order valence-electron chi connectivity index (χ2n) is 5.06. The molecule has 0 saturated carbocycles. The van der Waals surface area contributed by atoms with Crippen LogP contribution < -0.4 is 9.64 Å². The van der Waals surface area contributed by atoms with Crippen molar-refractivity contribution in [1.82, 2.24) is 0 Å². The van der Waals surface area contributed by atoms with Crippen molar-refractivity contribution in [3.8, 4) is 5.75 Å². The smallest absolute Gasteiger partial charge is 0.157 e. The van der Waals surface area contributed by atoms with Crippen molar-refractivity contribution in [2.45, 2.75) is 32.2 Å². The lowest BCUT2D eigenvalue weighted by molar-refractivity contribution is -0.124. The summed E-state index contributed by atoms with van der Waals surface area (Å²) in [4.78, 5) is 14.1. The van der Waals surface area contributed by atoms with Gasteiger partial charge in [-0.05, 0) is 38.5 Å². The Balaban J connectivity index is 2.36. The van der Waals surface area contributed by atoms with Gasteiger partial charge in [0.15, 0.2) is 5.78 Å². The number of Topliss-reactive ketones (excluding diaryl/α,β-unsaturated/α-hetero) is 1. The molecule has 4 heteroatoms. The van der Waals surface area contributed by atoms with E-state index < -0.39 is 5.54 Å². The third-order valence-corrected chi connectivity index (χ3v) is 3.89. The van der Waals surface area contributed by atoms with Crippen LogP contribution in [0.1, 0.15) is 26.7 Å². The van der Waals surface area contributed by atoms with Crippen LogP contribution in [-0.4, -0.2) is 25.0 Å². The Hall–Kier alpha value is -1.22. The Morgan fingerprint density at radius 3 is 2.72 bits per heavy atom. The van der Waals surface area contributed by atoms with Gasteiger partial charge in [-0.3, -0.25) is 4.79 Å². The Bertz CT molecular complexity index is 471. The van der Waals surface area contributed by atoms with Crippen molar-refractivity contribution >= 4 is 23.1 Å². The predicted octanol–water partition coefficient (Wildman–Crippen LogP) is 3.30. The number of rotatable bonds is 2. The summed E-state index contributed by atoms with van der Waals surface area (Å²) in [7, 11) is 1.59. The highest BCUT2D eigenvalue weighted by Crippen LogP contribution is 2.34. The highest BCUT2D eigenvalue weighted by atomic mass is 35.5. The number of nitrogens with zero attached hydrogens (tertiary/aromatic N) is 1. The third-order valence-electron chi connectivity index (χ3n) is 3.59. The molecule has 0 aromatic heterocycles. The highest BCUT2D eigenvalue weighted by molar-refractivity contribution is 6.32. The average molecular weight is 268 g/mol. The van der Waals surface area contributed by atoms with Crippen LogP contribution >= 0.6 is 11.6 Å². The number of anilines is 1. The molecule has 0 amide bonds. The summed E-state index contributed by atoms with van der Waals surface area (Å²) in [5.41, 5.74) is 0.509. The van der Waals surface area contributed by atoms with Gasteiger partial charge >= 0.3 is 0 Å². The Morgan fingerprint density at radius 1 is 1.39 bits per heavy atom. The first-order valence-corrected chi connectivity index (χ1v) is 6.49. The topological polar surface area (TPSA) is 29.5 Å². The van der Waals surface area contributed by atoms with E-state index in [1.165, 1.54) is 0 Å². The lowest BCUT2D eigenvalue weighted by Gasteiger charge is -2.42. The standard InChI is InChI=1S/C14H18ClNO2/c1-14(2)13(17)5-4-8-16(14)10-6-7-12(18-3)11(15)9-10/h6-7,9H,4-5,8H2,1-3H3. The molecular formula is C14H18ClNO2. The van der Waals surface area contributed by atoms with E-state index >= 15 is 0 Å². The van der Waals surface area contributed by atoms with Crippen LogP contribution in [0.15, 0.2) is 18.2 Å². The first-order valence-electron chi connectivity index (χ1n) is 6.11. The van der Waals surface area contributed by atoms with Crippen LogP contribution in [0.3, 0.4) is 0 Å². The third kappa shape index (κ3) is 2.19. The molecule has 0 aliphatic carbocycles. The number of ether oxygens (including phenoxy) is 1. The average Bonchev–Trinajstić information content (AvgIpc) is 2.32. The van der Waals surface area contributed by atoms with Crippen LogP contribution in [-0.2, 0) is 4.79 Å². The summed E-state index contributed by atoms with van der Waals surface area (Å²) in [6.45, 7) is 4.81. The fourth-order valence-corrected chi connectivity index (χ4v) is 2.66. The maximum absolute atomic E-state index is 12.0. The number of ketones is 1. The summed E-state index contributed by atoms with van der Waals surface area (Å²) in [5.74, 6) is 0.933. The molecule has 1 aliphatic rings. The number of hydrogen-bond acceptors (Lipinski definition) is 3. The molecule has 98 valence electrons. The molecule has 3 nitrogen and oxygen atoms in total. The second-order valence-corrected chi connectivity index (χ2v) is 5.46. The van der Waals surface area contributed by atoms with E-state index in [9.17, 15) is 4.79 Å². The van der Waals surface area contributed by atoms with E-state index in [1.54, 1.807) is 7.11 Å². The minimum atomic E-state index is -0.462. The molecule has 1 heterocycles. The maximum Gasteiger partial charge on any atom is 0.157 e. The maximum atomic E-state index is 12.0. The second kappa shape index (κ2) is 4.81. The number of benzene rings is 1. The number of carbonyl (C=O) groups excluding carboxylic acids is 1. The fraction of sp³-hybridized carbons (Fsp3) is 0.500. The van der Waals surface area contributed by atoms with Gasteiger partial charge in [-0.25, -0.2) is 0 Å². The van der Waals surface area contributed by atoms with Gasteiger partial charge < -0.3 is 9.64 Å². The molecule has 1 aromatic rings. The van der Waals surface area contributed by atoms with Gasteiger partial charge in [0.05, 0.1) is 17.7 Å². The summed E-state index contributed by atoms with van der Waals surface area (Å²) in [6.07, 6.45) is 1.55. The van der Waals surface area contributed by atoms with Crippen molar-refractivity contribution in [2.24, 2.45) is 0 Å². The zero-order valence-electron chi connectivity index (χ0n) is 11.0. The highest BCUT2D eigenvalue weighted by Gasteiger charge is 2.37. The first-order chi connectivity index (χ1) is 8.46. The van der Waals surface area contributed by atoms with E-state index in [4.69, 9.17) is 16.3 Å². The van der Waals surface area contributed by atoms with Crippen molar-refractivity contribution in [1.29, 1.82) is 0 Å². The van der Waals surface area contributed by atoms with Gasteiger partial charge in [0.2, 0.25) is 0 Å². The van der Waals surface area contributed by atoms with E-state index in [2.05, 4.69) is 4.90 Å². The summed E-state index contributed by atoms with van der Waals surface area (Å²) in [6, 6.07) is 5.65. The summed E-state index contributed by atoms with van der Waals surface area (Å²) in [5, 5.41) is 0.573. The van der Waals surface area contributed by atoms with Crippen molar-refractivity contribution < 1.29 is 9.53 Å². The minimum absolute atomic E-state index is 0.278. The van der Waals surface area contributed by atoms with Crippen molar-refractivity contribution in [3.05, 3.63) is 23.2 Å². The number of hydrogen-bond donors (Lipinski definition) is 0. The van der Waals surface area contributed by atoms with Gasteiger partial charge in [-0.2, -0.15) is 0 Å². The molecule has 0 spiro atoms. The van der Waals surface area contributed by atoms with Crippen LogP contribution in [0, 0.1) is 0 Å². The largest absolute Gasteiger partial charge is 0.495 e. The van der Waals surface area contributed by atoms with Crippen LogP contribution in [0.5, 0.6) is 5.75 Å². The Kier molecular flexibility index (Phi) is 3.53. The number of carbonyl (C=O) groups is 1. The van der Waals surface area contributed by atoms with Crippen molar-refractivity contribution in [3.63, 3.8) is 0 Å². The van der Waals surface area contributed by atoms with Gasteiger partial charge in [0.1, 0.15) is 5.75 Å². The Labute approximate surface area is 113 Å². The molecule has 2 rings (SSSR count). The predicted molar refractivity (Wildman–Crippen MR) is 73.7 cm³/mol. The van der Waals surface area contributed by atoms with Crippen LogP contribution in [0.2, 0.25) is 5.02 Å². The van der Waals surface area contributed by atoms with E-state index in [1.807, 2.05) is 32.0 Å². The van der Waals surface area contributed by atoms with Crippen LogP contribution in [0.25, 0.3) is 0 Å². The normalized spacial score (nSPS) is 18.9. The van der Waals surface area contributed by atoms with Gasteiger partial charge in [-0.15, -0.1) is 0 Å². The van der Waals surface area contributed by atoms with Crippen molar-refractivity contribution in [2.75, 3.05) is 18.6 Å². The zero-order valence-corrected chi connectivity index (χ0v) is 11.8. The Morgan fingerprint density at radius 2 is 2.11 bits per heavy atom. The summed E-state index contributed by atoms with van der Waals surface area (Å²) < 4.78 is 5.14. The lowest BCUT2D eigenvalue weighted by atomic mass is 9.88. The van der Waals surface area contributed by atoms with E-state index in [-0.39, 0.29) is 5.78 Å². The molecular weight excluding hydrogens is 250 g/mol. The molecule has 1 fully saturated rings. The minimum Gasteiger partial charge on any atom is -0.495 e. The van der Waals surface area contributed by atoms with Crippen LogP contribution in [0.4, 0.5) is 5.69 Å². The molecule has 0 atom stereocenters. The fourth-order valence-electron chi connectivity index (χ4n) is 2.41. The monoisotopic (exact) mass is 267 g/mol.